The first-order valence-corrected chi connectivity index (χ1v) is 13.3. The van der Waals surface area contributed by atoms with Gasteiger partial charge in [0.25, 0.3) is 0 Å². The van der Waals surface area contributed by atoms with Crippen LogP contribution in [-0.2, 0) is 23.8 Å². The van der Waals surface area contributed by atoms with Crippen molar-refractivity contribution in [1.29, 1.82) is 0 Å². The van der Waals surface area contributed by atoms with Crippen LogP contribution >= 0.6 is 0 Å². The molecule has 0 bridgehead atoms. The molecular formula is C29H40O8. The minimum absolute atomic E-state index is 0.0836. The molecule has 1 aromatic carbocycles. The van der Waals surface area contributed by atoms with Gasteiger partial charge in [-0.15, -0.1) is 0 Å². The lowest BCUT2D eigenvalue weighted by Crippen LogP contribution is -2.57. The standard InChI is InChI=1S/C29H40O8/c1-13(2)10-19-11-15(4)20-9-8-14(3)22-24(20)23(19)16(5)27(26(22)33)37-29-28(36-18(7)31)25(32)21(12-34-29)35-17(6)30/h10,14-15,19-21,25,28-29,32-33H,8-9,11-12H2,1-7H3/t14-,15-,19+,20+,21+,25+,28-,29+/m0/s1. The zero-order valence-electron chi connectivity index (χ0n) is 22.9. The van der Waals surface area contributed by atoms with Gasteiger partial charge in [0.05, 0.1) is 6.61 Å². The predicted octanol–water partition coefficient (Wildman–Crippen LogP) is 4.73. The highest BCUT2D eigenvalue weighted by atomic mass is 16.7. The Hall–Kier alpha value is -2.58. The molecule has 1 saturated heterocycles. The summed E-state index contributed by atoms with van der Waals surface area (Å²) >= 11 is 0. The van der Waals surface area contributed by atoms with Crippen LogP contribution in [0.3, 0.4) is 0 Å². The van der Waals surface area contributed by atoms with Crippen molar-refractivity contribution in [3.05, 3.63) is 33.9 Å². The van der Waals surface area contributed by atoms with Crippen molar-refractivity contribution in [2.24, 2.45) is 5.92 Å². The van der Waals surface area contributed by atoms with Crippen molar-refractivity contribution in [2.45, 2.75) is 110 Å². The predicted molar refractivity (Wildman–Crippen MR) is 137 cm³/mol. The average molecular weight is 517 g/mol. The zero-order chi connectivity index (χ0) is 27.2. The van der Waals surface area contributed by atoms with Crippen molar-refractivity contribution in [1.82, 2.24) is 0 Å². The number of hydrogen-bond donors (Lipinski definition) is 2. The van der Waals surface area contributed by atoms with Gasteiger partial charge in [-0.1, -0.05) is 25.5 Å². The van der Waals surface area contributed by atoms with Crippen LogP contribution in [0.1, 0.15) is 101 Å². The summed E-state index contributed by atoms with van der Waals surface area (Å²) in [5.41, 5.74) is 5.42. The first-order valence-electron chi connectivity index (χ1n) is 13.3. The zero-order valence-corrected chi connectivity index (χ0v) is 22.9. The fourth-order valence-corrected chi connectivity index (χ4v) is 6.55. The molecule has 0 aromatic heterocycles. The molecule has 1 aliphatic heterocycles. The van der Waals surface area contributed by atoms with E-state index in [9.17, 15) is 19.8 Å². The summed E-state index contributed by atoms with van der Waals surface area (Å²) in [5.74, 6) is 0.360. The lowest BCUT2D eigenvalue weighted by atomic mass is 9.62. The van der Waals surface area contributed by atoms with Gasteiger partial charge in [0.15, 0.2) is 23.7 Å². The smallest absolute Gasteiger partial charge is 0.303 e. The highest BCUT2D eigenvalue weighted by Crippen LogP contribution is 2.58. The summed E-state index contributed by atoms with van der Waals surface area (Å²) in [7, 11) is 0. The SMILES string of the molecule is CC(=O)O[C@@H]1[C@@H](Oc2c(C)c3c4c(c2O)[C@@H](C)CC[C@@H]4[C@@H](C)C[C@H]3C=C(C)C)OC[C@@H](OC(C)=O)[C@H]1O. The van der Waals surface area contributed by atoms with Crippen LogP contribution in [0.15, 0.2) is 11.6 Å². The number of carbonyl (C=O) groups excluding carboxylic acids is 2. The monoisotopic (exact) mass is 516 g/mol. The van der Waals surface area contributed by atoms with Gasteiger partial charge in [0.1, 0.15) is 6.10 Å². The van der Waals surface area contributed by atoms with Crippen molar-refractivity contribution in [2.75, 3.05) is 6.61 Å². The molecular weight excluding hydrogens is 476 g/mol. The molecule has 1 aromatic rings. The van der Waals surface area contributed by atoms with E-state index in [1.54, 1.807) is 0 Å². The molecule has 204 valence electrons. The summed E-state index contributed by atoms with van der Waals surface area (Å²) in [6.07, 6.45) is 0.566. The lowest BCUT2D eigenvalue weighted by molar-refractivity contribution is -0.255. The Labute approximate surface area is 218 Å². The van der Waals surface area contributed by atoms with Gasteiger partial charge < -0.3 is 29.2 Å². The third kappa shape index (κ3) is 5.23. The molecule has 8 heteroatoms. The van der Waals surface area contributed by atoms with Crippen molar-refractivity contribution >= 4 is 11.9 Å². The molecule has 0 saturated carbocycles. The van der Waals surface area contributed by atoms with E-state index in [1.807, 2.05) is 6.92 Å². The summed E-state index contributed by atoms with van der Waals surface area (Å²) in [4.78, 5) is 23.3. The molecule has 0 radical (unpaired) electrons. The van der Waals surface area contributed by atoms with E-state index in [1.165, 1.54) is 30.5 Å². The number of carbonyl (C=O) groups is 2. The molecule has 0 unspecified atom stereocenters. The topological polar surface area (TPSA) is 112 Å². The largest absolute Gasteiger partial charge is 0.504 e. The number of aliphatic hydroxyl groups is 1. The van der Waals surface area contributed by atoms with E-state index in [0.29, 0.717) is 11.8 Å². The molecule has 3 aliphatic rings. The van der Waals surface area contributed by atoms with Crippen LogP contribution < -0.4 is 4.74 Å². The van der Waals surface area contributed by atoms with E-state index in [0.717, 1.165) is 30.4 Å². The van der Waals surface area contributed by atoms with Gasteiger partial charge in [0, 0.05) is 25.3 Å². The van der Waals surface area contributed by atoms with E-state index >= 15 is 0 Å². The van der Waals surface area contributed by atoms with Gasteiger partial charge in [0.2, 0.25) is 6.29 Å². The molecule has 0 amide bonds. The first kappa shape index (κ1) is 27.5. The maximum absolute atomic E-state index is 11.9. The number of benzene rings is 1. The number of phenolic OH excluding ortho intramolecular Hbond substituents is 1. The number of ether oxygens (including phenoxy) is 4. The normalized spacial score (nSPS) is 32.6. The Kier molecular flexibility index (Phi) is 7.91. The fourth-order valence-electron chi connectivity index (χ4n) is 6.55. The number of phenols is 1. The van der Waals surface area contributed by atoms with E-state index in [-0.39, 0.29) is 29.9 Å². The molecule has 4 rings (SSSR count). The number of aliphatic hydroxyl groups excluding tert-OH is 1. The summed E-state index contributed by atoms with van der Waals surface area (Å²) in [6, 6.07) is 0. The Bertz CT molecular complexity index is 1090. The molecule has 2 aliphatic carbocycles. The Morgan fingerprint density at radius 2 is 1.68 bits per heavy atom. The Morgan fingerprint density at radius 1 is 1.00 bits per heavy atom. The van der Waals surface area contributed by atoms with Crippen LogP contribution in [0.2, 0.25) is 0 Å². The lowest BCUT2D eigenvalue weighted by Gasteiger charge is -2.44. The third-order valence-electron chi connectivity index (χ3n) is 8.05. The van der Waals surface area contributed by atoms with Crippen molar-refractivity contribution in [3.63, 3.8) is 0 Å². The van der Waals surface area contributed by atoms with Crippen LogP contribution in [-0.4, -0.2) is 53.4 Å². The molecule has 2 N–H and O–H groups in total. The summed E-state index contributed by atoms with van der Waals surface area (Å²) < 4.78 is 22.6. The maximum Gasteiger partial charge on any atom is 0.303 e. The maximum atomic E-state index is 11.9. The number of hydrogen-bond acceptors (Lipinski definition) is 8. The second-order valence-corrected chi connectivity index (χ2v) is 11.2. The number of aromatic hydroxyl groups is 1. The molecule has 1 heterocycles. The Morgan fingerprint density at radius 3 is 2.30 bits per heavy atom. The highest BCUT2D eigenvalue weighted by molar-refractivity contribution is 5.67. The van der Waals surface area contributed by atoms with E-state index in [4.69, 9.17) is 18.9 Å². The number of esters is 2. The van der Waals surface area contributed by atoms with Gasteiger partial charge >= 0.3 is 11.9 Å². The summed E-state index contributed by atoms with van der Waals surface area (Å²) in [5, 5.41) is 22.5. The number of allylic oxidation sites excluding steroid dienone is 2. The average Bonchev–Trinajstić information content (AvgIpc) is 2.79. The van der Waals surface area contributed by atoms with Crippen LogP contribution in [0, 0.1) is 12.8 Å². The summed E-state index contributed by atoms with van der Waals surface area (Å²) in [6.45, 7) is 12.9. The van der Waals surface area contributed by atoms with Gasteiger partial charge in [-0.2, -0.15) is 0 Å². The van der Waals surface area contributed by atoms with Gasteiger partial charge in [-0.25, -0.2) is 0 Å². The first-order chi connectivity index (χ1) is 17.4. The highest BCUT2D eigenvalue weighted by Gasteiger charge is 2.47. The molecule has 0 spiro atoms. The molecule has 8 nitrogen and oxygen atoms in total. The molecule has 1 fully saturated rings. The minimum Gasteiger partial charge on any atom is -0.504 e. The van der Waals surface area contributed by atoms with Gasteiger partial charge in [-0.05, 0) is 74.5 Å². The van der Waals surface area contributed by atoms with Crippen LogP contribution in [0.5, 0.6) is 11.5 Å². The molecule has 8 atom stereocenters. The van der Waals surface area contributed by atoms with E-state index in [2.05, 4.69) is 33.8 Å². The van der Waals surface area contributed by atoms with Gasteiger partial charge in [-0.3, -0.25) is 9.59 Å². The van der Waals surface area contributed by atoms with E-state index < -0.39 is 36.5 Å². The van der Waals surface area contributed by atoms with Crippen LogP contribution in [0.4, 0.5) is 0 Å². The van der Waals surface area contributed by atoms with Crippen LogP contribution in [0.25, 0.3) is 0 Å². The van der Waals surface area contributed by atoms with Crippen molar-refractivity contribution in [3.8, 4) is 11.5 Å². The quantitative estimate of drug-likeness (QED) is 0.427. The fraction of sp³-hybridized carbons (Fsp3) is 0.655. The Balaban J connectivity index is 1.80. The number of rotatable bonds is 5. The minimum atomic E-state index is -1.35. The van der Waals surface area contributed by atoms with Crippen molar-refractivity contribution < 1.29 is 38.7 Å². The third-order valence-corrected chi connectivity index (χ3v) is 8.05. The second-order valence-electron chi connectivity index (χ2n) is 11.2. The molecule has 37 heavy (non-hydrogen) atoms. The second kappa shape index (κ2) is 10.7.